The van der Waals surface area contributed by atoms with Crippen LogP contribution in [0.3, 0.4) is 0 Å². The third kappa shape index (κ3) is 5.35. The van der Waals surface area contributed by atoms with Crippen molar-refractivity contribution in [1.82, 2.24) is 0 Å². The quantitative estimate of drug-likeness (QED) is 0.273. The normalized spacial score (nSPS) is 36.1. The lowest BCUT2D eigenvalue weighted by molar-refractivity contribution is 0.328. The highest BCUT2D eigenvalue weighted by Crippen LogP contribution is 2.72. The summed E-state index contributed by atoms with van der Waals surface area (Å²) < 4.78 is 0. The number of nitrogens with zero attached hydrogens (tertiary/aromatic N) is 1. The Hall–Kier alpha value is -4.23. The lowest BCUT2D eigenvalue weighted by atomic mass is 9.56. The highest BCUT2D eigenvalue weighted by atomic mass is 14.8. The molecule has 57 heavy (non-hydrogen) atoms. The number of benzene rings is 1. The summed E-state index contributed by atoms with van der Waals surface area (Å²) in [5.74, 6) is 2.84. The molecule has 0 amide bonds. The summed E-state index contributed by atoms with van der Waals surface area (Å²) in [6.07, 6.45) is 52.5. The molecule has 1 aromatic rings. The van der Waals surface area contributed by atoms with Crippen molar-refractivity contribution >= 4 is 5.71 Å². The zero-order valence-corrected chi connectivity index (χ0v) is 34.0. The first kappa shape index (κ1) is 34.8. The molecule has 7 unspecified atom stereocenters. The van der Waals surface area contributed by atoms with Gasteiger partial charge in [0.15, 0.2) is 0 Å². The van der Waals surface area contributed by atoms with E-state index in [2.05, 4.69) is 103 Å². The fourth-order valence-electron chi connectivity index (χ4n) is 14.4. The van der Waals surface area contributed by atoms with Gasteiger partial charge in [-0.25, -0.2) is 0 Å². The summed E-state index contributed by atoms with van der Waals surface area (Å²) >= 11 is 0. The number of allylic oxidation sites excluding steroid dienone is 24. The fourth-order valence-corrected chi connectivity index (χ4v) is 14.4. The van der Waals surface area contributed by atoms with Gasteiger partial charge in [-0.1, -0.05) is 108 Å². The van der Waals surface area contributed by atoms with E-state index in [1.54, 1.807) is 33.4 Å². The van der Waals surface area contributed by atoms with E-state index in [1.165, 1.54) is 120 Å². The van der Waals surface area contributed by atoms with Crippen molar-refractivity contribution in [2.24, 2.45) is 40.0 Å². The van der Waals surface area contributed by atoms with Crippen LogP contribution < -0.4 is 0 Å². The Morgan fingerprint density at radius 1 is 0.667 bits per heavy atom. The molecule has 1 aliphatic heterocycles. The molecule has 1 heteroatoms. The summed E-state index contributed by atoms with van der Waals surface area (Å²) in [7, 11) is 0. The maximum atomic E-state index is 5.89. The molecule has 0 aromatic heterocycles. The van der Waals surface area contributed by atoms with Crippen LogP contribution in [-0.2, 0) is 0 Å². The molecule has 0 bridgehead atoms. The van der Waals surface area contributed by atoms with E-state index in [9.17, 15) is 0 Å². The first-order valence-corrected chi connectivity index (χ1v) is 23.3. The van der Waals surface area contributed by atoms with Gasteiger partial charge in [0, 0.05) is 17.8 Å². The SMILES string of the molecule is C1=CCC(/C2=C/C(c3ccccc3)=NC(C3CCC4=C(C3)C3(C5=CC6C7=C(CCC=C7)C7=C(CCC=C7)C6CC5C5=C3CCC=C5)C3=C4CCCC3)CCC2)C=C1. The zero-order valence-electron chi connectivity index (χ0n) is 34.0. The van der Waals surface area contributed by atoms with Crippen molar-refractivity contribution in [1.29, 1.82) is 0 Å². The van der Waals surface area contributed by atoms with Crippen molar-refractivity contribution in [3.63, 3.8) is 0 Å². The molecule has 12 rings (SSSR count). The van der Waals surface area contributed by atoms with Crippen molar-refractivity contribution in [3.8, 4) is 0 Å². The molecule has 1 heterocycles. The predicted octanol–water partition coefficient (Wildman–Crippen LogP) is 14.2. The maximum Gasteiger partial charge on any atom is 0.0649 e. The number of fused-ring (bicyclic) bond motifs is 11. The molecule has 0 saturated carbocycles. The van der Waals surface area contributed by atoms with Crippen molar-refractivity contribution in [2.75, 3.05) is 0 Å². The van der Waals surface area contributed by atoms with Gasteiger partial charge in [0.25, 0.3) is 0 Å². The van der Waals surface area contributed by atoms with Crippen LogP contribution in [0.2, 0.25) is 0 Å². The third-order valence-electron chi connectivity index (χ3n) is 16.7. The molecule has 1 nitrogen and oxygen atoms in total. The summed E-state index contributed by atoms with van der Waals surface area (Å²) in [6.45, 7) is 0. The van der Waals surface area contributed by atoms with Crippen LogP contribution in [0, 0.1) is 35.0 Å². The lowest BCUT2D eigenvalue weighted by Crippen LogP contribution is -2.37. The average Bonchev–Trinajstić information content (AvgIpc) is 3.73. The van der Waals surface area contributed by atoms with Crippen LogP contribution in [0.15, 0.2) is 175 Å². The molecule has 11 aliphatic rings. The van der Waals surface area contributed by atoms with Gasteiger partial charge in [-0.3, -0.25) is 4.99 Å². The Balaban J connectivity index is 0.983. The summed E-state index contributed by atoms with van der Waals surface area (Å²) in [4.78, 5) is 5.89. The van der Waals surface area contributed by atoms with Gasteiger partial charge in [-0.2, -0.15) is 0 Å². The molecule has 0 saturated heterocycles. The average molecular weight is 746 g/mol. The van der Waals surface area contributed by atoms with E-state index in [-0.39, 0.29) is 5.41 Å². The zero-order chi connectivity index (χ0) is 37.5. The van der Waals surface area contributed by atoms with Gasteiger partial charge in [0.2, 0.25) is 0 Å². The second-order valence-electron chi connectivity index (χ2n) is 19.3. The topological polar surface area (TPSA) is 12.4 Å². The van der Waals surface area contributed by atoms with E-state index >= 15 is 0 Å². The Kier molecular flexibility index (Phi) is 8.52. The van der Waals surface area contributed by atoms with Crippen LogP contribution in [0.25, 0.3) is 0 Å². The van der Waals surface area contributed by atoms with Crippen molar-refractivity contribution < 1.29 is 0 Å². The minimum atomic E-state index is 0.0429. The highest BCUT2D eigenvalue weighted by molar-refractivity contribution is 6.09. The third-order valence-corrected chi connectivity index (χ3v) is 16.7. The molecular formula is C56H59N. The van der Waals surface area contributed by atoms with Crippen LogP contribution in [0.5, 0.6) is 0 Å². The monoisotopic (exact) mass is 745 g/mol. The van der Waals surface area contributed by atoms with Crippen LogP contribution in [0.1, 0.15) is 121 Å². The Labute approximate surface area is 341 Å². The fraction of sp³-hybridized carbons (Fsp3) is 0.446. The summed E-state index contributed by atoms with van der Waals surface area (Å²) in [5.41, 5.74) is 23.8. The molecule has 0 N–H and O–H groups in total. The Morgan fingerprint density at radius 2 is 1.51 bits per heavy atom. The second kappa shape index (κ2) is 14.0. The predicted molar refractivity (Wildman–Crippen MR) is 237 cm³/mol. The number of aliphatic imine (C=N–C) groups is 1. The van der Waals surface area contributed by atoms with Gasteiger partial charge in [0.05, 0.1) is 17.2 Å². The van der Waals surface area contributed by atoms with E-state index in [1.807, 2.05) is 33.4 Å². The first-order valence-electron chi connectivity index (χ1n) is 23.3. The maximum absolute atomic E-state index is 5.89. The van der Waals surface area contributed by atoms with E-state index in [4.69, 9.17) is 4.99 Å². The van der Waals surface area contributed by atoms with Crippen LogP contribution in [0.4, 0.5) is 0 Å². The van der Waals surface area contributed by atoms with Gasteiger partial charge in [0.1, 0.15) is 0 Å². The molecule has 1 aromatic carbocycles. The summed E-state index contributed by atoms with van der Waals surface area (Å²) in [6, 6.07) is 11.5. The smallest absolute Gasteiger partial charge is 0.0649 e. The molecule has 0 radical (unpaired) electrons. The second-order valence-corrected chi connectivity index (χ2v) is 19.3. The van der Waals surface area contributed by atoms with E-state index in [0.29, 0.717) is 35.6 Å². The highest BCUT2D eigenvalue weighted by Gasteiger charge is 2.60. The molecule has 288 valence electrons. The van der Waals surface area contributed by atoms with Crippen LogP contribution >= 0.6 is 0 Å². The summed E-state index contributed by atoms with van der Waals surface area (Å²) in [5, 5.41) is 0. The molecule has 10 aliphatic carbocycles. The van der Waals surface area contributed by atoms with Gasteiger partial charge in [-0.05, 0) is 195 Å². The molecule has 0 fully saturated rings. The lowest BCUT2D eigenvalue weighted by Gasteiger charge is -2.47. The number of rotatable bonds is 3. The van der Waals surface area contributed by atoms with Gasteiger partial charge >= 0.3 is 0 Å². The Morgan fingerprint density at radius 3 is 2.42 bits per heavy atom. The van der Waals surface area contributed by atoms with Crippen molar-refractivity contribution in [2.45, 2.75) is 122 Å². The molecule has 7 atom stereocenters. The minimum absolute atomic E-state index is 0.0429. The first-order chi connectivity index (χ1) is 28.3. The number of hydrogen-bond donors (Lipinski definition) is 0. The number of hydrogen-bond acceptors (Lipinski definition) is 1. The largest absolute Gasteiger partial charge is 0.281 e. The molecule has 1 spiro atoms. The molecular weight excluding hydrogens is 687 g/mol. The van der Waals surface area contributed by atoms with E-state index in [0.717, 1.165) is 6.42 Å². The minimum Gasteiger partial charge on any atom is -0.281 e. The van der Waals surface area contributed by atoms with E-state index < -0.39 is 0 Å². The van der Waals surface area contributed by atoms with Gasteiger partial charge < -0.3 is 0 Å². The van der Waals surface area contributed by atoms with Gasteiger partial charge in [-0.15, -0.1) is 0 Å². The van der Waals surface area contributed by atoms with Crippen LogP contribution in [-0.4, -0.2) is 11.8 Å². The van der Waals surface area contributed by atoms with Crippen molar-refractivity contribution in [3.05, 3.63) is 176 Å². The standard InChI is InChI=1S/C56H59N/c1-3-16-36(17-4-1)38-20-15-29-54(57-55(33-38)37-18-5-2-6-19-37)39-30-31-46-44-25-11-13-27-50(44)56(52(46)32-39)51-28-14-12-26-45(51)49-34-47-42-23-9-7-21-40(42)41-22-8-10-24-43(41)48(47)35-53(49)56/h1-7,10,12,16,18-19,21,24,26,33,35-36,39,47-49,54H,8-9,11,13-15,17,20,22-23,25,27-32,34H2/b38-33+,57-55?. The Bertz CT molecular complexity index is 2330.